The highest BCUT2D eigenvalue weighted by molar-refractivity contribution is 6.30. The number of halogens is 1. The summed E-state index contributed by atoms with van der Waals surface area (Å²) in [7, 11) is 0. The summed E-state index contributed by atoms with van der Waals surface area (Å²) in [4.78, 5) is 0. The Hall–Kier alpha value is -1.31. The quantitative estimate of drug-likeness (QED) is 0.887. The molecule has 0 amide bonds. The molecule has 0 aromatic heterocycles. The molecule has 1 nitrogen and oxygen atoms in total. The molecule has 2 aromatic rings. The monoisotopic (exact) mass is 271 g/mol. The Morgan fingerprint density at radius 2 is 1.89 bits per heavy atom. The van der Waals surface area contributed by atoms with Crippen LogP contribution in [0.3, 0.4) is 0 Å². The van der Waals surface area contributed by atoms with E-state index in [2.05, 4.69) is 42.5 Å². The van der Waals surface area contributed by atoms with Crippen LogP contribution >= 0.6 is 11.6 Å². The Balaban J connectivity index is 1.79. The van der Waals surface area contributed by atoms with Crippen LogP contribution in [0.15, 0.2) is 54.6 Å². The van der Waals surface area contributed by atoms with E-state index in [9.17, 15) is 0 Å². The lowest BCUT2D eigenvalue weighted by Gasteiger charge is -2.15. The van der Waals surface area contributed by atoms with Gasteiger partial charge in [0.2, 0.25) is 0 Å². The fraction of sp³-hybridized carbons (Fsp3) is 0.294. The van der Waals surface area contributed by atoms with Gasteiger partial charge in [-0.2, -0.15) is 0 Å². The molecule has 1 saturated carbocycles. The Morgan fingerprint density at radius 1 is 1.11 bits per heavy atom. The first-order valence-corrected chi connectivity index (χ1v) is 7.18. The van der Waals surface area contributed by atoms with Crippen molar-refractivity contribution in [3.05, 3.63) is 70.7 Å². The number of rotatable bonds is 4. The standard InChI is InChI=1S/C17H18ClN/c18-14-8-4-7-13(9-14)17(11-19)16-10-15(16)12-5-2-1-3-6-12/h1-9,15-17H,10-11,19H2. The topological polar surface area (TPSA) is 26.0 Å². The van der Waals surface area contributed by atoms with Gasteiger partial charge in [0.25, 0.3) is 0 Å². The zero-order valence-corrected chi connectivity index (χ0v) is 11.6. The molecule has 2 heteroatoms. The van der Waals surface area contributed by atoms with Crippen molar-refractivity contribution in [1.29, 1.82) is 0 Å². The largest absolute Gasteiger partial charge is 0.330 e. The van der Waals surface area contributed by atoms with Crippen LogP contribution in [0.4, 0.5) is 0 Å². The molecular formula is C17H18ClN. The fourth-order valence-corrected chi connectivity index (χ4v) is 3.24. The summed E-state index contributed by atoms with van der Waals surface area (Å²) < 4.78 is 0. The molecule has 0 heterocycles. The lowest BCUT2D eigenvalue weighted by Crippen LogP contribution is -2.15. The SMILES string of the molecule is NCC(c1cccc(Cl)c1)C1CC1c1ccccc1. The summed E-state index contributed by atoms with van der Waals surface area (Å²) in [5, 5.41) is 0.799. The minimum Gasteiger partial charge on any atom is -0.330 e. The van der Waals surface area contributed by atoms with E-state index in [1.807, 2.05) is 12.1 Å². The van der Waals surface area contributed by atoms with Gasteiger partial charge < -0.3 is 5.73 Å². The lowest BCUT2D eigenvalue weighted by molar-refractivity contribution is 0.600. The van der Waals surface area contributed by atoms with Gasteiger partial charge in [-0.3, -0.25) is 0 Å². The number of nitrogens with two attached hydrogens (primary N) is 1. The van der Waals surface area contributed by atoms with Crippen molar-refractivity contribution < 1.29 is 0 Å². The maximum atomic E-state index is 6.08. The van der Waals surface area contributed by atoms with Crippen LogP contribution < -0.4 is 5.73 Å². The Labute approximate surface area is 119 Å². The second-order valence-electron chi connectivity index (χ2n) is 5.31. The van der Waals surface area contributed by atoms with E-state index in [-0.39, 0.29) is 0 Å². The summed E-state index contributed by atoms with van der Waals surface area (Å²) in [6, 6.07) is 18.9. The van der Waals surface area contributed by atoms with Crippen molar-refractivity contribution in [2.75, 3.05) is 6.54 Å². The summed E-state index contributed by atoms with van der Waals surface area (Å²) in [6.45, 7) is 0.689. The molecule has 1 fully saturated rings. The molecular weight excluding hydrogens is 254 g/mol. The van der Waals surface area contributed by atoms with Crippen LogP contribution in [0.1, 0.15) is 29.4 Å². The maximum Gasteiger partial charge on any atom is 0.0408 e. The lowest BCUT2D eigenvalue weighted by atomic mass is 9.92. The molecule has 1 aliphatic rings. The van der Waals surface area contributed by atoms with Crippen LogP contribution in [0.5, 0.6) is 0 Å². The summed E-state index contributed by atoms with van der Waals surface area (Å²) >= 11 is 6.08. The molecule has 3 rings (SSSR count). The van der Waals surface area contributed by atoms with E-state index in [0.29, 0.717) is 24.3 Å². The van der Waals surface area contributed by atoms with E-state index in [1.165, 1.54) is 17.5 Å². The Bertz CT molecular complexity index is 552. The molecule has 0 spiro atoms. The van der Waals surface area contributed by atoms with Crippen molar-refractivity contribution in [1.82, 2.24) is 0 Å². The third-order valence-electron chi connectivity index (χ3n) is 4.12. The van der Waals surface area contributed by atoms with Crippen molar-refractivity contribution in [2.24, 2.45) is 11.7 Å². The van der Waals surface area contributed by atoms with Gasteiger partial charge in [-0.15, -0.1) is 0 Å². The first-order valence-electron chi connectivity index (χ1n) is 6.80. The summed E-state index contributed by atoms with van der Waals surface area (Å²) in [5.74, 6) is 1.74. The van der Waals surface area contributed by atoms with Crippen LogP contribution in [-0.4, -0.2) is 6.54 Å². The zero-order chi connectivity index (χ0) is 13.2. The van der Waals surface area contributed by atoms with E-state index < -0.39 is 0 Å². The molecule has 2 aromatic carbocycles. The summed E-state index contributed by atoms with van der Waals surface area (Å²) in [5.41, 5.74) is 8.71. The van der Waals surface area contributed by atoms with Crippen molar-refractivity contribution >= 4 is 11.6 Å². The van der Waals surface area contributed by atoms with Crippen LogP contribution in [0.2, 0.25) is 5.02 Å². The highest BCUT2D eigenvalue weighted by atomic mass is 35.5. The first-order chi connectivity index (χ1) is 9.29. The van der Waals surface area contributed by atoms with Gasteiger partial charge >= 0.3 is 0 Å². The average molecular weight is 272 g/mol. The van der Waals surface area contributed by atoms with Crippen LogP contribution in [0.25, 0.3) is 0 Å². The van der Waals surface area contributed by atoms with Gasteiger partial charge in [-0.25, -0.2) is 0 Å². The highest BCUT2D eigenvalue weighted by Gasteiger charge is 2.43. The normalized spacial score (nSPS) is 23.1. The minimum absolute atomic E-state index is 0.420. The number of hydrogen-bond acceptors (Lipinski definition) is 1. The molecule has 0 bridgehead atoms. The van der Waals surface area contributed by atoms with Gasteiger partial charge in [0.15, 0.2) is 0 Å². The smallest absolute Gasteiger partial charge is 0.0408 e. The molecule has 0 saturated heterocycles. The maximum absolute atomic E-state index is 6.08. The fourth-order valence-electron chi connectivity index (χ4n) is 3.04. The van der Waals surface area contributed by atoms with Crippen molar-refractivity contribution in [3.8, 4) is 0 Å². The Morgan fingerprint density at radius 3 is 2.58 bits per heavy atom. The van der Waals surface area contributed by atoms with Crippen LogP contribution in [-0.2, 0) is 0 Å². The van der Waals surface area contributed by atoms with E-state index >= 15 is 0 Å². The molecule has 1 aliphatic carbocycles. The van der Waals surface area contributed by atoms with Crippen molar-refractivity contribution in [3.63, 3.8) is 0 Å². The molecule has 2 N–H and O–H groups in total. The molecule has 98 valence electrons. The van der Waals surface area contributed by atoms with E-state index in [0.717, 1.165) is 5.02 Å². The van der Waals surface area contributed by atoms with Crippen LogP contribution in [0, 0.1) is 5.92 Å². The van der Waals surface area contributed by atoms with Gasteiger partial charge in [0, 0.05) is 5.02 Å². The number of hydrogen-bond donors (Lipinski definition) is 1. The predicted octanol–water partition coefficient (Wildman–Crippen LogP) is 4.19. The minimum atomic E-state index is 0.420. The van der Waals surface area contributed by atoms with Crippen molar-refractivity contribution in [2.45, 2.75) is 18.3 Å². The number of benzene rings is 2. The average Bonchev–Trinajstić information content (AvgIpc) is 3.21. The van der Waals surface area contributed by atoms with Gasteiger partial charge in [0.1, 0.15) is 0 Å². The van der Waals surface area contributed by atoms with E-state index in [4.69, 9.17) is 17.3 Å². The first kappa shape index (κ1) is 12.7. The third-order valence-corrected chi connectivity index (χ3v) is 4.35. The second kappa shape index (κ2) is 5.36. The van der Waals surface area contributed by atoms with Gasteiger partial charge in [-0.05, 0) is 54.0 Å². The Kier molecular flexibility index (Phi) is 3.58. The zero-order valence-electron chi connectivity index (χ0n) is 10.8. The highest BCUT2D eigenvalue weighted by Crippen LogP contribution is 2.54. The second-order valence-corrected chi connectivity index (χ2v) is 5.75. The predicted molar refractivity (Wildman–Crippen MR) is 80.5 cm³/mol. The molecule has 0 aliphatic heterocycles. The summed E-state index contributed by atoms with van der Waals surface area (Å²) in [6.07, 6.45) is 1.23. The van der Waals surface area contributed by atoms with E-state index in [1.54, 1.807) is 0 Å². The van der Waals surface area contributed by atoms with Gasteiger partial charge in [0.05, 0.1) is 0 Å². The third kappa shape index (κ3) is 2.68. The molecule has 0 radical (unpaired) electrons. The van der Waals surface area contributed by atoms with Gasteiger partial charge in [-0.1, -0.05) is 54.1 Å². The molecule has 3 unspecified atom stereocenters. The molecule has 3 atom stereocenters. The molecule has 19 heavy (non-hydrogen) atoms.